The van der Waals surface area contributed by atoms with Crippen LogP contribution in [0.25, 0.3) is 0 Å². The number of pyridine rings is 1. The van der Waals surface area contributed by atoms with Crippen LogP contribution >= 0.6 is 15.9 Å². The molecule has 0 spiro atoms. The Morgan fingerprint density at radius 2 is 2.50 bits per heavy atom. The lowest BCUT2D eigenvalue weighted by Crippen LogP contribution is -2.23. The Morgan fingerprint density at radius 1 is 1.79 bits per heavy atom. The van der Waals surface area contributed by atoms with E-state index >= 15 is 0 Å². The second kappa shape index (κ2) is 4.95. The minimum Gasteiger partial charge on any atom is -0.479 e. The lowest BCUT2D eigenvalue weighted by atomic mass is 10.3. The van der Waals surface area contributed by atoms with Crippen LogP contribution in [0.3, 0.4) is 0 Å². The van der Waals surface area contributed by atoms with Crippen LogP contribution in [0.1, 0.15) is 12.5 Å². The molecule has 14 heavy (non-hydrogen) atoms. The molecule has 0 radical (unpaired) electrons. The molecule has 0 fully saturated rings. The molecule has 0 saturated carbocycles. The molecule has 0 aliphatic heterocycles. The molecule has 1 atom stereocenters. The summed E-state index contributed by atoms with van der Waals surface area (Å²) in [6, 6.07) is 3.53. The first-order valence-electron chi connectivity index (χ1n) is 4.04. The minimum atomic E-state index is -1.00. The number of aliphatic carboxylic acids is 1. The molecule has 76 valence electrons. The van der Waals surface area contributed by atoms with Crippen LogP contribution in [-0.4, -0.2) is 22.2 Å². The number of halogens is 1. The van der Waals surface area contributed by atoms with E-state index in [1.165, 1.54) is 6.92 Å². The molecule has 1 rings (SSSR count). The topological polar surface area (TPSA) is 59.4 Å². The Labute approximate surface area is 90.0 Å². The molecular formula is C9H10BrNO3. The van der Waals surface area contributed by atoms with Crippen LogP contribution in [0, 0.1) is 0 Å². The van der Waals surface area contributed by atoms with Crippen molar-refractivity contribution in [2.24, 2.45) is 0 Å². The van der Waals surface area contributed by atoms with E-state index in [2.05, 4.69) is 20.9 Å². The summed E-state index contributed by atoms with van der Waals surface area (Å²) >= 11 is 3.29. The van der Waals surface area contributed by atoms with E-state index in [0.717, 1.165) is 5.56 Å². The van der Waals surface area contributed by atoms with E-state index in [9.17, 15) is 4.79 Å². The summed E-state index contributed by atoms with van der Waals surface area (Å²) < 4.78 is 5.09. The molecule has 0 saturated heterocycles. The van der Waals surface area contributed by atoms with Gasteiger partial charge in [0.1, 0.15) is 0 Å². The maximum Gasteiger partial charge on any atom is 0.344 e. The highest BCUT2D eigenvalue weighted by atomic mass is 79.9. The van der Waals surface area contributed by atoms with E-state index in [0.29, 0.717) is 11.2 Å². The summed E-state index contributed by atoms with van der Waals surface area (Å²) in [5.41, 5.74) is 0.993. The summed E-state index contributed by atoms with van der Waals surface area (Å²) in [6.45, 7) is 1.46. The van der Waals surface area contributed by atoms with Crippen LogP contribution in [0.2, 0.25) is 0 Å². The summed E-state index contributed by atoms with van der Waals surface area (Å²) in [5.74, 6) is -0.673. The number of ether oxygens (including phenoxy) is 1. The van der Waals surface area contributed by atoms with Crippen LogP contribution in [-0.2, 0) is 10.1 Å². The fraction of sp³-hybridized carbons (Fsp3) is 0.333. The zero-order chi connectivity index (χ0) is 10.6. The quantitative estimate of drug-likeness (QED) is 0.839. The van der Waals surface area contributed by atoms with Crippen molar-refractivity contribution in [2.45, 2.75) is 18.4 Å². The highest BCUT2D eigenvalue weighted by molar-refractivity contribution is 9.08. The number of carboxylic acids is 1. The van der Waals surface area contributed by atoms with Gasteiger partial charge in [0.15, 0.2) is 6.10 Å². The molecule has 0 amide bonds. The first-order valence-corrected chi connectivity index (χ1v) is 5.16. The summed E-state index contributed by atoms with van der Waals surface area (Å²) in [5, 5.41) is 9.30. The van der Waals surface area contributed by atoms with Gasteiger partial charge in [0.25, 0.3) is 0 Å². The van der Waals surface area contributed by atoms with Crippen molar-refractivity contribution in [2.75, 3.05) is 0 Å². The third-order valence-corrected chi connectivity index (χ3v) is 2.25. The number of alkyl halides is 1. The largest absolute Gasteiger partial charge is 0.479 e. The average Bonchev–Trinajstić information content (AvgIpc) is 2.18. The molecule has 0 aliphatic rings. The number of aromatic nitrogens is 1. The van der Waals surface area contributed by atoms with Gasteiger partial charge in [0.05, 0.1) is 0 Å². The van der Waals surface area contributed by atoms with Crippen LogP contribution in [0.4, 0.5) is 0 Å². The zero-order valence-electron chi connectivity index (χ0n) is 7.61. The van der Waals surface area contributed by atoms with E-state index in [1.54, 1.807) is 12.3 Å². The number of nitrogens with zero attached hydrogens (tertiary/aromatic N) is 1. The molecule has 0 aromatic carbocycles. The van der Waals surface area contributed by atoms with Crippen molar-refractivity contribution < 1.29 is 14.6 Å². The molecule has 4 nitrogen and oxygen atoms in total. The second-order valence-corrected chi connectivity index (χ2v) is 3.30. The van der Waals surface area contributed by atoms with Gasteiger partial charge < -0.3 is 9.84 Å². The van der Waals surface area contributed by atoms with Gasteiger partial charge in [-0.05, 0) is 18.6 Å². The third kappa shape index (κ3) is 2.99. The Bertz CT molecular complexity index is 330. The molecule has 1 N–H and O–H groups in total. The fourth-order valence-electron chi connectivity index (χ4n) is 0.830. The molecule has 0 bridgehead atoms. The van der Waals surface area contributed by atoms with Crippen molar-refractivity contribution in [1.29, 1.82) is 0 Å². The summed E-state index contributed by atoms with van der Waals surface area (Å²) in [6.07, 6.45) is 0.702. The normalized spacial score (nSPS) is 12.1. The maximum absolute atomic E-state index is 10.5. The Balaban J connectivity index is 2.71. The molecule has 1 unspecified atom stereocenters. The Morgan fingerprint density at radius 3 is 3.07 bits per heavy atom. The first kappa shape index (κ1) is 11.0. The smallest absolute Gasteiger partial charge is 0.344 e. The van der Waals surface area contributed by atoms with Crippen molar-refractivity contribution in [3.05, 3.63) is 23.9 Å². The SMILES string of the molecule is CC(Oc1cc(CBr)ccn1)C(=O)O. The van der Waals surface area contributed by atoms with Gasteiger partial charge in [-0.25, -0.2) is 9.78 Å². The predicted molar refractivity (Wildman–Crippen MR) is 54.6 cm³/mol. The number of hydrogen-bond acceptors (Lipinski definition) is 3. The monoisotopic (exact) mass is 259 g/mol. The Kier molecular flexibility index (Phi) is 3.88. The first-order chi connectivity index (χ1) is 6.63. The van der Waals surface area contributed by atoms with Crippen molar-refractivity contribution in [3.8, 4) is 5.88 Å². The van der Waals surface area contributed by atoms with Gasteiger partial charge in [0.2, 0.25) is 5.88 Å². The molecule has 1 heterocycles. The van der Waals surface area contributed by atoms with Gasteiger partial charge in [-0.3, -0.25) is 0 Å². The second-order valence-electron chi connectivity index (χ2n) is 2.73. The fourth-order valence-corrected chi connectivity index (χ4v) is 1.18. The molecule has 1 aromatic heterocycles. The van der Waals surface area contributed by atoms with Crippen LogP contribution in [0.5, 0.6) is 5.88 Å². The van der Waals surface area contributed by atoms with Crippen LogP contribution in [0.15, 0.2) is 18.3 Å². The zero-order valence-corrected chi connectivity index (χ0v) is 9.19. The number of hydrogen-bond donors (Lipinski definition) is 1. The molecule has 0 aliphatic carbocycles. The number of carbonyl (C=O) groups is 1. The molecule has 5 heteroatoms. The van der Waals surface area contributed by atoms with Gasteiger partial charge in [0, 0.05) is 17.6 Å². The lowest BCUT2D eigenvalue weighted by Gasteiger charge is -2.09. The third-order valence-electron chi connectivity index (χ3n) is 1.60. The highest BCUT2D eigenvalue weighted by Gasteiger charge is 2.12. The van der Waals surface area contributed by atoms with Crippen molar-refractivity contribution in [1.82, 2.24) is 4.98 Å². The lowest BCUT2D eigenvalue weighted by molar-refractivity contribution is -0.144. The van der Waals surface area contributed by atoms with E-state index in [1.807, 2.05) is 6.07 Å². The van der Waals surface area contributed by atoms with Gasteiger partial charge in [-0.15, -0.1) is 0 Å². The van der Waals surface area contributed by atoms with Crippen molar-refractivity contribution >= 4 is 21.9 Å². The summed E-state index contributed by atoms with van der Waals surface area (Å²) in [4.78, 5) is 14.4. The van der Waals surface area contributed by atoms with E-state index in [-0.39, 0.29) is 0 Å². The van der Waals surface area contributed by atoms with Gasteiger partial charge >= 0.3 is 5.97 Å². The van der Waals surface area contributed by atoms with E-state index < -0.39 is 12.1 Å². The molecule has 1 aromatic rings. The number of carboxylic acid groups (broad SMARTS) is 1. The maximum atomic E-state index is 10.5. The van der Waals surface area contributed by atoms with Crippen LogP contribution < -0.4 is 4.74 Å². The predicted octanol–water partition coefficient (Wildman–Crippen LogP) is 1.83. The van der Waals surface area contributed by atoms with Crippen molar-refractivity contribution in [3.63, 3.8) is 0 Å². The summed E-state index contributed by atoms with van der Waals surface area (Å²) in [7, 11) is 0. The Hall–Kier alpha value is -1.10. The average molecular weight is 260 g/mol. The number of rotatable bonds is 4. The highest BCUT2D eigenvalue weighted by Crippen LogP contribution is 2.13. The van der Waals surface area contributed by atoms with Gasteiger partial charge in [-0.1, -0.05) is 15.9 Å². The minimum absolute atomic E-state index is 0.330. The molecular weight excluding hydrogens is 250 g/mol. The van der Waals surface area contributed by atoms with Gasteiger partial charge in [-0.2, -0.15) is 0 Å². The standard InChI is InChI=1S/C9H10BrNO3/c1-6(9(12)13)14-8-4-7(5-10)2-3-11-8/h2-4,6H,5H2,1H3,(H,12,13). The van der Waals surface area contributed by atoms with E-state index in [4.69, 9.17) is 9.84 Å².